The van der Waals surface area contributed by atoms with Crippen LogP contribution in [0.3, 0.4) is 0 Å². The fourth-order valence-electron chi connectivity index (χ4n) is 2.14. The van der Waals surface area contributed by atoms with Crippen LogP contribution in [0, 0.1) is 20.8 Å². The van der Waals surface area contributed by atoms with E-state index in [9.17, 15) is 4.79 Å². The highest BCUT2D eigenvalue weighted by Gasteiger charge is 2.17. The number of aromatic nitrogens is 1. The number of carbonyl (C=O) groups excluding carboxylic acids is 1. The van der Waals surface area contributed by atoms with Crippen LogP contribution in [0.5, 0.6) is 0 Å². The van der Waals surface area contributed by atoms with Crippen LogP contribution in [0.4, 0.5) is 0 Å². The lowest BCUT2D eigenvalue weighted by Gasteiger charge is -2.14. The van der Waals surface area contributed by atoms with Crippen molar-refractivity contribution >= 4 is 33.2 Å². The van der Waals surface area contributed by atoms with Crippen molar-refractivity contribution in [2.75, 3.05) is 0 Å². The normalized spacial score (nSPS) is 12.2. The average molecular weight is 353 g/mol. The SMILES string of the molecule is Cc1nc(C)c(C(C)NC(=O)c2cccc(Br)c2C)s1. The fourth-order valence-corrected chi connectivity index (χ4v) is 3.44. The highest BCUT2D eigenvalue weighted by molar-refractivity contribution is 9.10. The second-order valence-corrected chi connectivity index (χ2v) is 6.88. The molecule has 0 fully saturated rings. The number of benzene rings is 1. The van der Waals surface area contributed by atoms with Gasteiger partial charge in [-0.15, -0.1) is 11.3 Å². The van der Waals surface area contributed by atoms with Crippen LogP contribution in [0.1, 0.15) is 44.5 Å². The van der Waals surface area contributed by atoms with Crippen LogP contribution in [0.15, 0.2) is 22.7 Å². The first-order valence-corrected chi connectivity index (χ1v) is 8.01. The number of hydrogen-bond acceptors (Lipinski definition) is 3. The van der Waals surface area contributed by atoms with Crippen LogP contribution >= 0.6 is 27.3 Å². The average Bonchev–Trinajstić information content (AvgIpc) is 2.71. The predicted molar refractivity (Wildman–Crippen MR) is 86.3 cm³/mol. The second kappa shape index (κ2) is 6.06. The molecule has 1 amide bonds. The molecular formula is C15H17BrN2OS. The Morgan fingerprint density at radius 1 is 1.35 bits per heavy atom. The maximum Gasteiger partial charge on any atom is 0.252 e. The van der Waals surface area contributed by atoms with Gasteiger partial charge in [0.25, 0.3) is 5.91 Å². The predicted octanol–water partition coefficient (Wildman–Crippen LogP) is 4.32. The topological polar surface area (TPSA) is 42.0 Å². The van der Waals surface area contributed by atoms with Gasteiger partial charge in [0.2, 0.25) is 0 Å². The lowest BCUT2D eigenvalue weighted by Crippen LogP contribution is -2.27. The summed E-state index contributed by atoms with van der Waals surface area (Å²) < 4.78 is 0.947. The van der Waals surface area contributed by atoms with E-state index in [1.54, 1.807) is 11.3 Å². The number of carbonyl (C=O) groups is 1. The molecule has 1 unspecified atom stereocenters. The largest absolute Gasteiger partial charge is 0.345 e. The summed E-state index contributed by atoms with van der Waals surface area (Å²) in [5.74, 6) is -0.0539. The zero-order valence-electron chi connectivity index (χ0n) is 12.0. The highest BCUT2D eigenvalue weighted by Crippen LogP contribution is 2.25. The Labute approximate surface area is 131 Å². The lowest BCUT2D eigenvalue weighted by molar-refractivity contribution is 0.0939. The first kappa shape index (κ1) is 15.2. The molecule has 1 aromatic carbocycles. The molecule has 1 N–H and O–H groups in total. The van der Waals surface area contributed by atoms with Crippen molar-refractivity contribution in [3.05, 3.63) is 49.4 Å². The third-order valence-corrected chi connectivity index (χ3v) is 5.31. The van der Waals surface area contributed by atoms with Crippen LogP contribution < -0.4 is 5.32 Å². The van der Waals surface area contributed by atoms with E-state index in [0.717, 1.165) is 25.6 Å². The summed E-state index contributed by atoms with van der Waals surface area (Å²) in [4.78, 5) is 17.9. The van der Waals surface area contributed by atoms with Gasteiger partial charge < -0.3 is 5.32 Å². The van der Waals surface area contributed by atoms with E-state index in [1.165, 1.54) is 0 Å². The number of halogens is 1. The molecule has 1 aromatic heterocycles. The number of amides is 1. The number of aryl methyl sites for hydroxylation is 2. The standard InChI is InChI=1S/C15H17BrN2OS/c1-8-12(6-5-7-13(8)16)15(19)18-10(3)14-9(2)17-11(4)20-14/h5-7,10H,1-4H3,(H,18,19). The zero-order chi connectivity index (χ0) is 14.9. The van der Waals surface area contributed by atoms with Crippen molar-refractivity contribution < 1.29 is 4.79 Å². The Morgan fingerprint density at radius 3 is 2.65 bits per heavy atom. The van der Waals surface area contributed by atoms with Gasteiger partial charge in [0.15, 0.2) is 0 Å². The Kier molecular flexibility index (Phi) is 4.60. The Bertz CT molecular complexity index is 651. The maximum atomic E-state index is 12.4. The minimum absolute atomic E-state index is 0.0351. The monoisotopic (exact) mass is 352 g/mol. The summed E-state index contributed by atoms with van der Waals surface area (Å²) in [7, 11) is 0. The van der Waals surface area contributed by atoms with Gasteiger partial charge in [0.1, 0.15) is 0 Å². The van der Waals surface area contributed by atoms with Crippen molar-refractivity contribution in [3.8, 4) is 0 Å². The maximum absolute atomic E-state index is 12.4. The fraction of sp³-hybridized carbons (Fsp3) is 0.333. The molecule has 1 heterocycles. The van der Waals surface area contributed by atoms with Gasteiger partial charge in [0.05, 0.1) is 16.7 Å². The molecule has 2 aromatic rings. The van der Waals surface area contributed by atoms with Crippen LogP contribution in [0.2, 0.25) is 0 Å². The minimum Gasteiger partial charge on any atom is -0.345 e. The molecule has 0 bridgehead atoms. The Morgan fingerprint density at radius 2 is 2.05 bits per heavy atom. The molecule has 0 aliphatic heterocycles. The van der Waals surface area contributed by atoms with Crippen LogP contribution in [-0.2, 0) is 0 Å². The summed E-state index contributed by atoms with van der Waals surface area (Å²) >= 11 is 5.08. The summed E-state index contributed by atoms with van der Waals surface area (Å²) in [5.41, 5.74) is 2.64. The van der Waals surface area contributed by atoms with Crippen LogP contribution in [0.25, 0.3) is 0 Å². The van der Waals surface area contributed by atoms with E-state index in [1.807, 2.05) is 45.9 Å². The van der Waals surface area contributed by atoms with E-state index < -0.39 is 0 Å². The van der Waals surface area contributed by atoms with E-state index in [0.29, 0.717) is 5.56 Å². The molecule has 0 aliphatic carbocycles. The van der Waals surface area contributed by atoms with Crippen molar-refractivity contribution in [2.24, 2.45) is 0 Å². The molecule has 3 nitrogen and oxygen atoms in total. The number of thiazole rings is 1. The third-order valence-electron chi connectivity index (χ3n) is 3.19. The smallest absolute Gasteiger partial charge is 0.252 e. The summed E-state index contributed by atoms with van der Waals surface area (Å²) in [5, 5.41) is 4.07. The second-order valence-electron chi connectivity index (χ2n) is 4.79. The summed E-state index contributed by atoms with van der Waals surface area (Å²) in [6, 6.07) is 5.62. The molecule has 0 saturated heterocycles. The van der Waals surface area contributed by atoms with Gasteiger partial charge in [-0.2, -0.15) is 0 Å². The van der Waals surface area contributed by atoms with Gasteiger partial charge in [-0.05, 0) is 45.4 Å². The first-order valence-electron chi connectivity index (χ1n) is 6.40. The minimum atomic E-state index is -0.0539. The number of nitrogens with zero attached hydrogens (tertiary/aromatic N) is 1. The molecular weight excluding hydrogens is 336 g/mol. The molecule has 0 spiro atoms. The Balaban J connectivity index is 2.19. The number of nitrogens with one attached hydrogen (secondary N) is 1. The van der Waals surface area contributed by atoms with Crippen LogP contribution in [-0.4, -0.2) is 10.9 Å². The van der Waals surface area contributed by atoms with E-state index in [-0.39, 0.29) is 11.9 Å². The van der Waals surface area contributed by atoms with E-state index >= 15 is 0 Å². The molecule has 0 radical (unpaired) electrons. The molecule has 20 heavy (non-hydrogen) atoms. The quantitative estimate of drug-likeness (QED) is 0.893. The van der Waals surface area contributed by atoms with E-state index in [4.69, 9.17) is 0 Å². The summed E-state index contributed by atoms with van der Waals surface area (Å²) in [6.07, 6.45) is 0. The van der Waals surface area contributed by atoms with Gasteiger partial charge in [-0.25, -0.2) is 4.98 Å². The van der Waals surface area contributed by atoms with Crippen molar-refractivity contribution in [3.63, 3.8) is 0 Å². The number of rotatable bonds is 3. The van der Waals surface area contributed by atoms with Crippen molar-refractivity contribution in [1.29, 1.82) is 0 Å². The summed E-state index contributed by atoms with van der Waals surface area (Å²) in [6.45, 7) is 7.89. The van der Waals surface area contributed by atoms with E-state index in [2.05, 4.69) is 26.2 Å². The third kappa shape index (κ3) is 3.10. The molecule has 0 aliphatic rings. The van der Waals surface area contributed by atoms with Gasteiger partial charge in [0, 0.05) is 14.9 Å². The molecule has 1 atom stereocenters. The first-order chi connectivity index (χ1) is 9.40. The molecule has 2 rings (SSSR count). The van der Waals surface area contributed by atoms with Crippen molar-refractivity contribution in [2.45, 2.75) is 33.7 Å². The molecule has 5 heteroatoms. The van der Waals surface area contributed by atoms with Gasteiger partial charge in [-0.1, -0.05) is 22.0 Å². The molecule has 0 saturated carbocycles. The van der Waals surface area contributed by atoms with Crippen molar-refractivity contribution in [1.82, 2.24) is 10.3 Å². The number of hydrogen-bond donors (Lipinski definition) is 1. The lowest BCUT2D eigenvalue weighted by atomic mass is 10.1. The highest BCUT2D eigenvalue weighted by atomic mass is 79.9. The zero-order valence-corrected chi connectivity index (χ0v) is 14.4. The Hall–Kier alpha value is -1.20. The van der Waals surface area contributed by atoms with Gasteiger partial charge in [-0.3, -0.25) is 4.79 Å². The van der Waals surface area contributed by atoms with Gasteiger partial charge >= 0.3 is 0 Å². The molecule has 106 valence electrons.